The predicted octanol–water partition coefficient (Wildman–Crippen LogP) is 0.368. The predicted molar refractivity (Wildman–Crippen MR) is 58.3 cm³/mol. The minimum atomic E-state index is 0.0662. The second-order valence-electron chi connectivity index (χ2n) is 4.08. The zero-order valence-electron chi connectivity index (χ0n) is 9.87. The fraction of sp³-hybridized carbons (Fsp3) is 0.600. The Morgan fingerprint density at radius 3 is 2.94 bits per heavy atom. The zero-order valence-corrected chi connectivity index (χ0v) is 9.87. The Morgan fingerprint density at radius 2 is 2.29 bits per heavy atom. The molecule has 0 aliphatic rings. The van der Waals surface area contributed by atoms with Crippen LogP contribution in [0.1, 0.15) is 37.2 Å². The molecule has 0 radical (unpaired) electrons. The Labute approximate surface area is 98.5 Å². The quantitative estimate of drug-likeness (QED) is 0.807. The van der Waals surface area contributed by atoms with Crippen molar-refractivity contribution in [3.05, 3.63) is 23.6 Å². The topological polar surface area (TPSA) is 89.9 Å². The van der Waals surface area contributed by atoms with Crippen molar-refractivity contribution in [1.82, 2.24) is 25.1 Å². The molecular weight excluding hydrogens is 222 g/mol. The molecule has 2 rings (SSSR count). The standard InChI is InChI=1S/C10H15N5O2/c1-7(2)10-11-9(17-13-10)6-15-5-8(3-4-16)12-14-15/h5,7,16H,3-4,6H2,1-2H3. The van der Waals surface area contributed by atoms with E-state index in [-0.39, 0.29) is 12.5 Å². The largest absolute Gasteiger partial charge is 0.396 e. The molecule has 17 heavy (non-hydrogen) atoms. The van der Waals surface area contributed by atoms with Crippen molar-refractivity contribution in [3.8, 4) is 0 Å². The zero-order chi connectivity index (χ0) is 12.3. The van der Waals surface area contributed by atoms with Crippen LogP contribution in [0.2, 0.25) is 0 Å². The molecule has 0 fully saturated rings. The van der Waals surface area contributed by atoms with Gasteiger partial charge in [-0.3, -0.25) is 0 Å². The average molecular weight is 237 g/mol. The lowest BCUT2D eigenvalue weighted by molar-refractivity contribution is 0.298. The summed E-state index contributed by atoms with van der Waals surface area (Å²) in [5.41, 5.74) is 0.746. The van der Waals surface area contributed by atoms with Gasteiger partial charge in [0.25, 0.3) is 0 Å². The maximum Gasteiger partial charge on any atom is 0.248 e. The van der Waals surface area contributed by atoms with E-state index in [1.54, 1.807) is 10.9 Å². The lowest BCUT2D eigenvalue weighted by Crippen LogP contribution is -2.01. The Bertz CT molecular complexity index is 477. The number of rotatable bonds is 5. The van der Waals surface area contributed by atoms with Gasteiger partial charge < -0.3 is 9.63 Å². The number of hydrogen-bond donors (Lipinski definition) is 1. The Hall–Kier alpha value is -1.76. The van der Waals surface area contributed by atoms with Gasteiger partial charge in [-0.25, -0.2) is 4.68 Å². The van der Waals surface area contributed by atoms with Gasteiger partial charge in [0.1, 0.15) is 6.54 Å². The highest BCUT2D eigenvalue weighted by atomic mass is 16.5. The first-order valence-corrected chi connectivity index (χ1v) is 5.51. The van der Waals surface area contributed by atoms with Crippen LogP contribution < -0.4 is 0 Å². The van der Waals surface area contributed by atoms with Gasteiger partial charge >= 0.3 is 0 Å². The van der Waals surface area contributed by atoms with Gasteiger partial charge in [0.05, 0.1) is 5.69 Å². The summed E-state index contributed by atoms with van der Waals surface area (Å²) in [5, 5.41) is 20.5. The van der Waals surface area contributed by atoms with Crippen molar-refractivity contribution in [1.29, 1.82) is 0 Å². The van der Waals surface area contributed by atoms with Crippen LogP contribution in [0.15, 0.2) is 10.7 Å². The highest BCUT2D eigenvalue weighted by molar-refractivity contribution is 4.95. The summed E-state index contributed by atoms with van der Waals surface area (Å²) in [6.07, 6.45) is 2.26. The molecule has 0 saturated carbocycles. The molecule has 0 spiro atoms. The van der Waals surface area contributed by atoms with Crippen LogP contribution in [0.3, 0.4) is 0 Å². The second kappa shape index (κ2) is 5.05. The third-order valence-electron chi connectivity index (χ3n) is 2.25. The van der Waals surface area contributed by atoms with Crippen molar-refractivity contribution in [2.75, 3.05) is 6.61 Å². The van der Waals surface area contributed by atoms with Gasteiger partial charge in [-0.1, -0.05) is 24.2 Å². The van der Waals surface area contributed by atoms with E-state index in [0.717, 1.165) is 5.69 Å². The van der Waals surface area contributed by atoms with Gasteiger partial charge in [0, 0.05) is 25.1 Å². The highest BCUT2D eigenvalue weighted by Crippen LogP contribution is 2.10. The third kappa shape index (κ3) is 2.88. The third-order valence-corrected chi connectivity index (χ3v) is 2.25. The van der Waals surface area contributed by atoms with Crippen molar-refractivity contribution in [2.24, 2.45) is 0 Å². The molecule has 0 aliphatic carbocycles. The van der Waals surface area contributed by atoms with Crippen LogP contribution in [0, 0.1) is 0 Å². The highest BCUT2D eigenvalue weighted by Gasteiger charge is 2.10. The first-order chi connectivity index (χ1) is 8.19. The minimum Gasteiger partial charge on any atom is -0.396 e. The molecule has 2 heterocycles. The number of aliphatic hydroxyl groups is 1. The van der Waals surface area contributed by atoms with E-state index in [9.17, 15) is 0 Å². The Balaban J connectivity index is 2.03. The summed E-state index contributed by atoms with van der Waals surface area (Å²) >= 11 is 0. The summed E-state index contributed by atoms with van der Waals surface area (Å²) in [6, 6.07) is 0. The molecule has 0 amide bonds. The Kier molecular flexibility index (Phi) is 3.48. The van der Waals surface area contributed by atoms with Crippen LogP contribution in [-0.2, 0) is 13.0 Å². The number of aliphatic hydroxyl groups excluding tert-OH is 1. The molecule has 0 saturated heterocycles. The van der Waals surface area contributed by atoms with E-state index in [1.807, 2.05) is 13.8 Å². The molecular formula is C10H15N5O2. The normalized spacial score (nSPS) is 11.3. The van der Waals surface area contributed by atoms with E-state index in [4.69, 9.17) is 9.63 Å². The maximum atomic E-state index is 8.77. The molecule has 7 nitrogen and oxygen atoms in total. The van der Waals surface area contributed by atoms with Crippen LogP contribution in [0.4, 0.5) is 0 Å². The Morgan fingerprint density at radius 1 is 1.47 bits per heavy atom. The van der Waals surface area contributed by atoms with E-state index in [1.165, 1.54) is 0 Å². The van der Waals surface area contributed by atoms with Gasteiger partial charge in [-0.05, 0) is 0 Å². The van der Waals surface area contributed by atoms with Gasteiger partial charge in [-0.2, -0.15) is 4.98 Å². The molecule has 0 aromatic carbocycles. The number of aromatic nitrogens is 5. The summed E-state index contributed by atoms with van der Waals surface area (Å²) in [7, 11) is 0. The maximum absolute atomic E-state index is 8.77. The van der Waals surface area contributed by atoms with Crippen LogP contribution in [-0.4, -0.2) is 36.8 Å². The van der Waals surface area contributed by atoms with Gasteiger partial charge in [0.2, 0.25) is 5.89 Å². The fourth-order valence-electron chi connectivity index (χ4n) is 1.35. The van der Waals surface area contributed by atoms with E-state index < -0.39 is 0 Å². The number of nitrogens with zero attached hydrogens (tertiary/aromatic N) is 5. The SMILES string of the molecule is CC(C)c1noc(Cn2cc(CCO)nn2)n1. The summed E-state index contributed by atoms with van der Waals surface area (Å²) < 4.78 is 6.71. The molecule has 2 aromatic heterocycles. The summed E-state index contributed by atoms with van der Waals surface area (Å²) in [6.45, 7) is 4.47. The van der Waals surface area contributed by atoms with Crippen molar-refractivity contribution in [3.63, 3.8) is 0 Å². The molecule has 0 bridgehead atoms. The molecule has 0 atom stereocenters. The lowest BCUT2D eigenvalue weighted by Gasteiger charge is -1.93. The minimum absolute atomic E-state index is 0.0662. The second-order valence-corrected chi connectivity index (χ2v) is 4.08. The van der Waals surface area contributed by atoms with Crippen molar-refractivity contribution < 1.29 is 9.63 Å². The molecule has 92 valence electrons. The van der Waals surface area contributed by atoms with Crippen LogP contribution >= 0.6 is 0 Å². The molecule has 2 aromatic rings. The first kappa shape index (κ1) is 11.7. The van der Waals surface area contributed by atoms with Crippen molar-refractivity contribution >= 4 is 0 Å². The van der Waals surface area contributed by atoms with Crippen LogP contribution in [0.5, 0.6) is 0 Å². The van der Waals surface area contributed by atoms with E-state index in [2.05, 4.69) is 20.5 Å². The molecule has 0 unspecified atom stereocenters. The summed E-state index contributed by atoms with van der Waals surface area (Å²) in [4.78, 5) is 4.24. The fourth-order valence-corrected chi connectivity index (χ4v) is 1.35. The smallest absolute Gasteiger partial charge is 0.248 e. The lowest BCUT2D eigenvalue weighted by atomic mass is 10.2. The molecule has 7 heteroatoms. The van der Waals surface area contributed by atoms with Gasteiger partial charge in [0.15, 0.2) is 5.82 Å². The van der Waals surface area contributed by atoms with Gasteiger partial charge in [-0.15, -0.1) is 5.10 Å². The first-order valence-electron chi connectivity index (χ1n) is 5.51. The summed E-state index contributed by atoms with van der Waals surface area (Å²) in [5.74, 6) is 1.44. The van der Waals surface area contributed by atoms with E-state index >= 15 is 0 Å². The van der Waals surface area contributed by atoms with Crippen molar-refractivity contribution in [2.45, 2.75) is 32.7 Å². The molecule has 1 N–H and O–H groups in total. The van der Waals surface area contributed by atoms with Crippen LogP contribution in [0.25, 0.3) is 0 Å². The number of hydrogen-bond acceptors (Lipinski definition) is 6. The van der Waals surface area contributed by atoms with E-state index in [0.29, 0.717) is 24.7 Å². The average Bonchev–Trinajstić information content (AvgIpc) is 2.89. The monoisotopic (exact) mass is 237 g/mol. The molecule has 0 aliphatic heterocycles.